The molecule has 8 nitrogen and oxygen atoms in total. The molecule has 2 aliphatic heterocycles. The number of likely N-dealkylation sites (tertiary alicyclic amines) is 2. The van der Waals surface area contributed by atoms with Gasteiger partial charge in [-0.2, -0.15) is 0 Å². The van der Waals surface area contributed by atoms with E-state index in [1.54, 1.807) is 23.4 Å². The number of halogens is 2. The average Bonchev–Trinajstić information content (AvgIpc) is 3.57. The molecule has 1 amide bonds. The van der Waals surface area contributed by atoms with Gasteiger partial charge in [0.15, 0.2) is 11.3 Å². The summed E-state index contributed by atoms with van der Waals surface area (Å²) >= 11 is 6.85. The standard InChI is InChI=1S/C32H29ClFN5O3/c1-3-26(41)38-14-20(15-38)39-17-35-30-31(39)24-13-25(33)27(23-12-21(40)11-18-7-4-5-9-22(18)23)28(34)29(24)36-32(30)42-16-19-8-6-10-37(19)2/h3-5,7,9,11-13,17,19-20,40H,1,6,8,10,14-16H2,2H3. The number of hydrogen-bond donors (Lipinski definition) is 1. The van der Waals surface area contributed by atoms with Gasteiger partial charge in [-0.3, -0.25) is 4.79 Å². The zero-order valence-electron chi connectivity index (χ0n) is 23.1. The van der Waals surface area contributed by atoms with Gasteiger partial charge in [-0.1, -0.05) is 42.4 Å². The van der Waals surface area contributed by atoms with Gasteiger partial charge >= 0.3 is 0 Å². The topological polar surface area (TPSA) is 83.7 Å². The van der Waals surface area contributed by atoms with Crippen molar-refractivity contribution in [1.82, 2.24) is 24.3 Å². The Morgan fingerprint density at radius 3 is 2.79 bits per heavy atom. The largest absolute Gasteiger partial charge is 0.508 e. The Morgan fingerprint density at radius 1 is 1.21 bits per heavy atom. The quantitative estimate of drug-likeness (QED) is 0.248. The molecule has 2 fully saturated rings. The molecule has 0 aliphatic carbocycles. The van der Waals surface area contributed by atoms with E-state index in [-0.39, 0.29) is 45.7 Å². The Kier molecular flexibility index (Phi) is 6.51. The first-order valence-electron chi connectivity index (χ1n) is 14.0. The van der Waals surface area contributed by atoms with Crippen LogP contribution >= 0.6 is 11.6 Å². The van der Waals surface area contributed by atoms with E-state index in [9.17, 15) is 9.90 Å². The van der Waals surface area contributed by atoms with E-state index in [4.69, 9.17) is 21.3 Å². The Morgan fingerprint density at radius 2 is 2.02 bits per heavy atom. The van der Waals surface area contributed by atoms with E-state index >= 15 is 4.39 Å². The van der Waals surface area contributed by atoms with Gasteiger partial charge < -0.3 is 24.2 Å². The molecule has 7 rings (SSSR count). The summed E-state index contributed by atoms with van der Waals surface area (Å²) in [4.78, 5) is 25.4. The number of aromatic nitrogens is 3. The van der Waals surface area contributed by atoms with Gasteiger partial charge in [0.05, 0.1) is 22.9 Å². The highest BCUT2D eigenvalue weighted by Gasteiger charge is 2.33. The second kappa shape index (κ2) is 10.3. The van der Waals surface area contributed by atoms with E-state index in [1.165, 1.54) is 12.1 Å². The first kappa shape index (κ1) is 26.7. The zero-order chi connectivity index (χ0) is 29.1. The lowest BCUT2D eigenvalue weighted by atomic mass is 9.96. The molecule has 0 spiro atoms. The lowest BCUT2D eigenvalue weighted by Crippen LogP contribution is -2.49. The van der Waals surface area contributed by atoms with Crippen molar-refractivity contribution in [3.8, 4) is 22.8 Å². The molecule has 1 atom stereocenters. The number of amides is 1. The number of nitrogens with zero attached hydrogens (tertiary/aromatic N) is 5. The minimum absolute atomic E-state index is 0.00839. The third kappa shape index (κ3) is 4.26. The molecule has 1 N–H and O–H groups in total. The Hall–Kier alpha value is -4.21. The molecule has 2 saturated heterocycles. The summed E-state index contributed by atoms with van der Waals surface area (Å²) < 4.78 is 25.0. The minimum Gasteiger partial charge on any atom is -0.508 e. The highest BCUT2D eigenvalue weighted by Crippen LogP contribution is 2.43. The van der Waals surface area contributed by atoms with E-state index in [0.717, 1.165) is 30.2 Å². The summed E-state index contributed by atoms with van der Waals surface area (Å²) in [6.07, 6.45) is 5.10. The molecule has 10 heteroatoms. The SMILES string of the molecule is C=CC(=O)N1CC(n2cnc3c(OCC4CCCN4C)nc4c(F)c(-c5cc(O)cc6ccccc56)c(Cl)cc4c32)C1. The molecule has 0 saturated carbocycles. The maximum atomic E-state index is 16.7. The van der Waals surface area contributed by atoms with E-state index < -0.39 is 5.82 Å². The van der Waals surface area contributed by atoms with Gasteiger partial charge in [-0.25, -0.2) is 14.4 Å². The van der Waals surface area contributed by atoms with Crippen LogP contribution in [-0.4, -0.2) is 74.7 Å². The molecule has 1 unspecified atom stereocenters. The lowest BCUT2D eigenvalue weighted by Gasteiger charge is -2.39. The van der Waals surface area contributed by atoms with Crippen molar-refractivity contribution < 1.29 is 19.0 Å². The number of likely N-dealkylation sites (N-methyl/N-ethyl adjacent to an activating group) is 1. The average molecular weight is 586 g/mol. The van der Waals surface area contributed by atoms with Gasteiger partial charge in [0, 0.05) is 30.1 Å². The van der Waals surface area contributed by atoms with Crippen LogP contribution in [0.1, 0.15) is 18.9 Å². The first-order valence-corrected chi connectivity index (χ1v) is 14.4. The molecule has 0 radical (unpaired) electrons. The highest BCUT2D eigenvalue weighted by molar-refractivity contribution is 6.35. The normalized spacial score (nSPS) is 17.8. The maximum absolute atomic E-state index is 16.7. The highest BCUT2D eigenvalue weighted by atomic mass is 35.5. The fraction of sp³-hybridized carbons (Fsp3) is 0.281. The van der Waals surface area contributed by atoms with Crippen molar-refractivity contribution in [3.05, 3.63) is 72.3 Å². The van der Waals surface area contributed by atoms with Crippen molar-refractivity contribution in [1.29, 1.82) is 0 Å². The van der Waals surface area contributed by atoms with E-state index in [0.29, 0.717) is 41.7 Å². The number of ether oxygens (including phenoxy) is 1. The van der Waals surface area contributed by atoms with Crippen LogP contribution in [0.25, 0.3) is 43.8 Å². The van der Waals surface area contributed by atoms with Crippen molar-refractivity contribution in [2.75, 3.05) is 33.3 Å². The molecular weight excluding hydrogens is 557 g/mol. The molecule has 2 aliphatic rings. The number of benzene rings is 3. The van der Waals surface area contributed by atoms with Crippen LogP contribution in [0.2, 0.25) is 5.02 Å². The number of phenols is 1. The molecule has 4 heterocycles. The molecule has 42 heavy (non-hydrogen) atoms. The summed E-state index contributed by atoms with van der Waals surface area (Å²) in [6, 6.07) is 12.5. The van der Waals surface area contributed by atoms with Crippen molar-refractivity contribution in [2.24, 2.45) is 0 Å². The molecule has 5 aromatic rings. The Bertz CT molecular complexity index is 1900. The van der Waals surface area contributed by atoms with Crippen LogP contribution < -0.4 is 4.74 Å². The van der Waals surface area contributed by atoms with Gasteiger partial charge in [0.25, 0.3) is 0 Å². The van der Waals surface area contributed by atoms with Crippen LogP contribution in [0.3, 0.4) is 0 Å². The van der Waals surface area contributed by atoms with Gasteiger partial charge in [0.2, 0.25) is 11.8 Å². The Balaban J connectivity index is 1.42. The molecular formula is C32H29ClFN5O3. The summed E-state index contributed by atoms with van der Waals surface area (Å²) in [5, 5.41) is 12.7. The number of fused-ring (bicyclic) bond motifs is 4. The summed E-state index contributed by atoms with van der Waals surface area (Å²) in [7, 11) is 2.07. The number of pyridine rings is 1. The third-order valence-electron chi connectivity index (χ3n) is 8.60. The van der Waals surface area contributed by atoms with Crippen LogP contribution in [0.4, 0.5) is 4.39 Å². The predicted molar refractivity (Wildman–Crippen MR) is 162 cm³/mol. The summed E-state index contributed by atoms with van der Waals surface area (Å²) in [6.45, 7) is 5.94. The van der Waals surface area contributed by atoms with Crippen molar-refractivity contribution in [2.45, 2.75) is 24.9 Å². The monoisotopic (exact) mass is 585 g/mol. The van der Waals surface area contributed by atoms with Crippen LogP contribution in [0, 0.1) is 5.82 Å². The van der Waals surface area contributed by atoms with Crippen LogP contribution in [0.15, 0.2) is 61.4 Å². The predicted octanol–water partition coefficient (Wildman–Crippen LogP) is 5.95. The number of rotatable bonds is 6. The Labute approximate surface area is 246 Å². The molecule has 214 valence electrons. The van der Waals surface area contributed by atoms with E-state index in [1.807, 2.05) is 28.8 Å². The number of phenolic OH excluding ortho intramolecular Hbond substituents is 1. The number of imidazole rings is 1. The number of carbonyl (C=O) groups excluding carboxylic acids is 1. The fourth-order valence-electron chi connectivity index (χ4n) is 6.27. The van der Waals surface area contributed by atoms with E-state index in [2.05, 4.69) is 23.5 Å². The fourth-order valence-corrected chi connectivity index (χ4v) is 6.56. The number of hydrogen-bond acceptors (Lipinski definition) is 6. The first-order chi connectivity index (χ1) is 20.3. The number of carbonyl (C=O) groups is 1. The smallest absolute Gasteiger partial charge is 0.246 e. The maximum Gasteiger partial charge on any atom is 0.246 e. The van der Waals surface area contributed by atoms with Crippen LogP contribution in [-0.2, 0) is 4.79 Å². The van der Waals surface area contributed by atoms with Crippen molar-refractivity contribution >= 4 is 50.2 Å². The second-order valence-electron chi connectivity index (χ2n) is 11.1. The summed E-state index contributed by atoms with van der Waals surface area (Å²) in [5.41, 5.74) is 1.89. The van der Waals surface area contributed by atoms with Gasteiger partial charge in [0.1, 0.15) is 17.9 Å². The molecule has 2 aromatic heterocycles. The number of aromatic hydroxyl groups is 1. The van der Waals surface area contributed by atoms with Crippen LogP contribution in [0.5, 0.6) is 11.6 Å². The molecule has 0 bridgehead atoms. The van der Waals surface area contributed by atoms with Crippen molar-refractivity contribution in [3.63, 3.8) is 0 Å². The molecule has 3 aromatic carbocycles. The summed E-state index contributed by atoms with van der Waals surface area (Å²) in [5.74, 6) is -0.483. The van der Waals surface area contributed by atoms with Gasteiger partial charge in [-0.05, 0) is 67.0 Å². The third-order valence-corrected chi connectivity index (χ3v) is 8.90. The second-order valence-corrected chi connectivity index (χ2v) is 11.5. The minimum atomic E-state index is -0.609. The van der Waals surface area contributed by atoms with Gasteiger partial charge in [-0.15, -0.1) is 0 Å². The lowest BCUT2D eigenvalue weighted by molar-refractivity contribution is -0.131. The zero-order valence-corrected chi connectivity index (χ0v) is 23.8.